The Morgan fingerprint density at radius 1 is 1.46 bits per heavy atom. The molecule has 0 bridgehead atoms. The summed E-state index contributed by atoms with van der Waals surface area (Å²) in [5.74, 6) is 0. The normalized spacial score (nSPS) is 11.7. The molecule has 0 spiro atoms. The van der Waals surface area contributed by atoms with E-state index >= 15 is 0 Å². The van der Waals surface area contributed by atoms with Crippen LogP contribution >= 0.6 is 0 Å². The lowest BCUT2D eigenvalue weighted by molar-refractivity contribution is -0.143. The highest BCUT2D eigenvalue weighted by molar-refractivity contribution is 4.97. The van der Waals surface area contributed by atoms with Gasteiger partial charge in [0.25, 0.3) is 5.56 Å². The topological polar surface area (TPSA) is 34.9 Å². The Morgan fingerprint density at radius 3 is 2.62 bits per heavy atom. The van der Waals surface area contributed by atoms with Gasteiger partial charge in [0.05, 0.1) is 5.69 Å². The second-order valence-corrected chi connectivity index (χ2v) is 2.59. The van der Waals surface area contributed by atoms with Crippen molar-refractivity contribution >= 4 is 0 Å². The van der Waals surface area contributed by atoms with Crippen LogP contribution in [-0.4, -0.2) is 16.0 Å². The summed E-state index contributed by atoms with van der Waals surface area (Å²) in [5.41, 5.74) is -0.369. The van der Waals surface area contributed by atoms with Crippen molar-refractivity contribution < 1.29 is 13.2 Å². The molecule has 0 aromatic carbocycles. The number of aromatic nitrogens is 2. The first kappa shape index (κ1) is 9.76. The number of hydrogen-bond donors (Lipinski definition) is 0. The van der Waals surface area contributed by atoms with Crippen LogP contribution in [0.5, 0.6) is 0 Å². The zero-order chi connectivity index (χ0) is 10.1. The summed E-state index contributed by atoms with van der Waals surface area (Å²) in [7, 11) is 0. The fourth-order valence-corrected chi connectivity index (χ4v) is 0.834. The average Bonchev–Trinajstić information content (AvgIpc) is 1.94. The van der Waals surface area contributed by atoms with Crippen LogP contribution < -0.4 is 5.56 Å². The predicted octanol–water partition coefficient (Wildman–Crippen LogP) is 1.11. The maximum atomic E-state index is 11.9. The van der Waals surface area contributed by atoms with E-state index in [1.54, 1.807) is 0 Å². The Balaban J connectivity index is 3.01. The van der Waals surface area contributed by atoms with Crippen LogP contribution in [0.15, 0.2) is 16.9 Å². The quantitative estimate of drug-likeness (QED) is 0.668. The molecule has 0 N–H and O–H groups in total. The van der Waals surface area contributed by atoms with E-state index in [2.05, 4.69) is 5.10 Å². The van der Waals surface area contributed by atoms with E-state index in [1.807, 2.05) is 0 Å². The summed E-state index contributed by atoms with van der Waals surface area (Å²) in [6.45, 7) is 0.180. The van der Waals surface area contributed by atoms with Crippen molar-refractivity contribution in [3.63, 3.8) is 0 Å². The average molecular weight is 192 g/mol. The molecule has 72 valence electrons. The first-order chi connectivity index (χ1) is 5.88. The van der Waals surface area contributed by atoms with Crippen LogP contribution in [-0.2, 0) is 6.54 Å². The minimum absolute atomic E-state index is 0.379. The van der Waals surface area contributed by atoms with Crippen molar-refractivity contribution in [1.82, 2.24) is 9.78 Å². The van der Waals surface area contributed by atoms with Gasteiger partial charge in [0.2, 0.25) is 0 Å². The van der Waals surface area contributed by atoms with Crippen LogP contribution in [0, 0.1) is 6.92 Å². The van der Waals surface area contributed by atoms with E-state index in [1.165, 1.54) is 13.0 Å². The largest absolute Gasteiger partial charge is 0.408 e. The summed E-state index contributed by atoms with van der Waals surface area (Å²) in [6, 6.07) is 2.43. The molecule has 6 heteroatoms. The van der Waals surface area contributed by atoms with E-state index in [4.69, 9.17) is 0 Å². The van der Waals surface area contributed by atoms with Crippen molar-refractivity contribution in [1.29, 1.82) is 0 Å². The zero-order valence-corrected chi connectivity index (χ0v) is 6.80. The lowest BCUT2D eigenvalue weighted by atomic mass is 10.4. The number of nitrogens with zero attached hydrogens (tertiary/aromatic N) is 2. The SMILES string of the molecule is Cc1ccc(=O)n(CC(F)(F)F)n1. The molecule has 13 heavy (non-hydrogen) atoms. The lowest BCUT2D eigenvalue weighted by Gasteiger charge is -2.07. The first-order valence-electron chi connectivity index (χ1n) is 3.50. The van der Waals surface area contributed by atoms with Crippen LogP contribution in [0.2, 0.25) is 0 Å². The summed E-state index contributed by atoms with van der Waals surface area (Å²) < 4.78 is 36.0. The standard InChI is InChI=1S/C7H7F3N2O/c1-5-2-3-6(13)12(11-5)4-7(8,9)10/h2-3H,4H2,1H3. The van der Waals surface area contributed by atoms with Gasteiger partial charge in [-0.05, 0) is 13.0 Å². The third-order valence-electron chi connectivity index (χ3n) is 1.33. The second-order valence-electron chi connectivity index (χ2n) is 2.59. The molecule has 1 rings (SSSR count). The minimum atomic E-state index is -4.41. The minimum Gasteiger partial charge on any atom is -0.268 e. The molecular formula is C7H7F3N2O. The molecule has 1 aromatic rings. The van der Waals surface area contributed by atoms with E-state index < -0.39 is 18.3 Å². The lowest BCUT2D eigenvalue weighted by Crippen LogP contribution is -2.29. The summed E-state index contributed by atoms with van der Waals surface area (Å²) in [5, 5.41) is 3.44. The van der Waals surface area contributed by atoms with Crippen LogP contribution in [0.1, 0.15) is 5.69 Å². The van der Waals surface area contributed by atoms with Gasteiger partial charge >= 0.3 is 6.18 Å². The Hall–Kier alpha value is -1.33. The van der Waals surface area contributed by atoms with Gasteiger partial charge in [-0.25, -0.2) is 4.68 Å². The van der Waals surface area contributed by atoms with Crippen LogP contribution in [0.4, 0.5) is 13.2 Å². The second kappa shape index (κ2) is 3.20. The number of aryl methyl sites for hydroxylation is 1. The molecule has 0 aliphatic heterocycles. The predicted molar refractivity (Wildman–Crippen MR) is 39.3 cm³/mol. The molecule has 0 saturated carbocycles. The number of alkyl halides is 3. The van der Waals surface area contributed by atoms with Gasteiger partial charge in [0.1, 0.15) is 6.54 Å². The highest BCUT2D eigenvalue weighted by Crippen LogP contribution is 2.15. The summed E-state index contributed by atoms with van der Waals surface area (Å²) >= 11 is 0. The first-order valence-corrected chi connectivity index (χ1v) is 3.50. The third kappa shape index (κ3) is 2.89. The molecule has 1 heterocycles. The van der Waals surface area contributed by atoms with Crippen molar-refractivity contribution in [2.75, 3.05) is 0 Å². The Kier molecular flexibility index (Phi) is 2.40. The molecular weight excluding hydrogens is 185 g/mol. The molecule has 0 amide bonds. The molecule has 0 saturated heterocycles. The third-order valence-corrected chi connectivity index (χ3v) is 1.33. The van der Waals surface area contributed by atoms with Crippen molar-refractivity contribution in [3.8, 4) is 0 Å². The fraction of sp³-hybridized carbons (Fsp3) is 0.429. The number of halogens is 3. The van der Waals surface area contributed by atoms with Crippen LogP contribution in [0.25, 0.3) is 0 Å². The van der Waals surface area contributed by atoms with Crippen LogP contribution in [0.3, 0.4) is 0 Å². The highest BCUT2D eigenvalue weighted by Gasteiger charge is 2.28. The monoisotopic (exact) mass is 192 g/mol. The summed E-state index contributed by atoms with van der Waals surface area (Å²) in [6.07, 6.45) is -4.41. The van der Waals surface area contributed by atoms with Gasteiger partial charge in [0, 0.05) is 6.07 Å². The number of hydrogen-bond acceptors (Lipinski definition) is 2. The Bertz CT molecular complexity index is 355. The fourth-order valence-electron chi connectivity index (χ4n) is 0.834. The molecule has 0 fully saturated rings. The number of rotatable bonds is 1. The van der Waals surface area contributed by atoms with Gasteiger partial charge in [-0.3, -0.25) is 4.79 Å². The molecule has 0 aliphatic carbocycles. The van der Waals surface area contributed by atoms with E-state index in [9.17, 15) is 18.0 Å². The molecule has 0 radical (unpaired) electrons. The van der Waals surface area contributed by atoms with Crippen molar-refractivity contribution in [2.24, 2.45) is 0 Å². The van der Waals surface area contributed by atoms with Gasteiger partial charge in [0.15, 0.2) is 0 Å². The molecule has 3 nitrogen and oxygen atoms in total. The maximum Gasteiger partial charge on any atom is 0.408 e. The molecule has 1 aromatic heterocycles. The van der Waals surface area contributed by atoms with Crippen molar-refractivity contribution in [3.05, 3.63) is 28.2 Å². The van der Waals surface area contributed by atoms with E-state index in [0.717, 1.165) is 6.07 Å². The molecule has 0 unspecified atom stereocenters. The maximum absolute atomic E-state index is 11.9. The Morgan fingerprint density at radius 2 is 2.08 bits per heavy atom. The van der Waals surface area contributed by atoms with Gasteiger partial charge in [-0.2, -0.15) is 18.3 Å². The van der Waals surface area contributed by atoms with Crippen molar-refractivity contribution in [2.45, 2.75) is 19.6 Å². The molecule has 0 atom stereocenters. The Labute approximate surface area is 71.8 Å². The zero-order valence-electron chi connectivity index (χ0n) is 6.80. The summed E-state index contributed by atoms with van der Waals surface area (Å²) in [4.78, 5) is 10.8. The molecule has 0 aliphatic rings. The van der Waals surface area contributed by atoms with E-state index in [-0.39, 0.29) is 0 Å². The van der Waals surface area contributed by atoms with E-state index in [0.29, 0.717) is 10.4 Å². The highest BCUT2D eigenvalue weighted by atomic mass is 19.4. The van der Waals surface area contributed by atoms with Gasteiger partial charge in [-0.15, -0.1) is 0 Å². The van der Waals surface area contributed by atoms with Gasteiger partial charge < -0.3 is 0 Å². The smallest absolute Gasteiger partial charge is 0.268 e. The van der Waals surface area contributed by atoms with Gasteiger partial charge in [-0.1, -0.05) is 0 Å².